The van der Waals surface area contributed by atoms with E-state index in [0.717, 1.165) is 6.42 Å². The Bertz CT molecular complexity index is 75.7. The van der Waals surface area contributed by atoms with Crippen LogP contribution in [0.25, 0.3) is 0 Å². The molecule has 2 atom stereocenters. The van der Waals surface area contributed by atoms with Crippen LogP contribution in [-0.4, -0.2) is 27.6 Å². The molecule has 0 spiro atoms. The molecule has 0 aliphatic carbocycles. The minimum Gasteiger partial charge on any atom is -0.379 e. The van der Waals surface area contributed by atoms with Gasteiger partial charge in [-0.1, -0.05) is 6.92 Å². The van der Waals surface area contributed by atoms with E-state index >= 15 is 0 Å². The first-order valence-electron chi connectivity index (χ1n) is 3.56. The maximum atomic E-state index is 9.05. The Labute approximate surface area is 62.3 Å². The van der Waals surface area contributed by atoms with Gasteiger partial charge in [0.05, 0.1) is 0 Å². The van der Waals surface area contributed by atoms with Crippen LogP contribution in [0.2, 0.25) is 0 Å². The predicted molar refractivity (Wildman–Crippen MR) is 39.8 cm³/mol. The highest BCUT2D eigenvalue weighted by atomic mass is 16.3. The predicted octanol–water partition coefficient (Wildman–Crippen LogP) is 0.537. The molecule has 0 rings (SSSR count). The number of hydrogen-bond donors (Lipinski definition) is 2. The molecule has 0 heterocycles. The summed E-state index contributed by atoms with van der Waals surface area (Å²) < 4.78 is 0. The van der Waals surface area contributed by atoms with Crippen LogP contribution in [0.3, 0.4) is 0 Å². The van der Waals surface area contributed by atoms with Crippen molar-refractivity contribution in [3.05, 3.63) is 6.54 Å². The number of rotatable bonds is 4. The lowest BCUT2D eigenvalue weighted by atomic mass is 10.4. The van der Waals surface area contributed by atoms with Crippen LogP contribution in [0.1, 0.15) is 27.2 Å². The average molecular weight is 146 g/mol. The van der Waals surface area contributed by atoms with Crippen LogP contribution in [0.5, 0.6) is 0 Å². The first-order chi connectivity index (χ1) is 4.59. The smallest absolute Gasteiger partial charge is 0.106 e. The highest BCUT2D eigenvalue weighted by Gasteiger charge is 2.14. The second-order valence-electron chi connectivity index (χ2n) is 2.30. The van der Waals surface area contributed by atoms with Crippen molar-refractivity contribution in [1.82, 2.24) is 4.90 Å². The Morgan fingerprint density at radius 3 is 1.80 bits per heavy atom. The summed E-state index contributed by atoms with van der Waals surface area (Å²) in [5.41, 5.74) is 0. The average Bonchev–Trinajstić information content (AvgIpc) is 1.81. The van der Waals surface area contributed by atoms with Crippen LogP contribution in [0, 0.1) is 6.54 Å². The topological polar surface area (TPSA) is 43.7 Å². The van der Waals surface area contributed by atoms with Crippen molar-refractivity contribution in [1.29, 1.82) is 0 Å². The zero-order valence-electron chi connectivity index (χ0n) is 6.78. The summed E-state index contributed by atoms with van der Waals surface area (Å²) in [6.07, 6.45) is -0.407. The molecule has 10 heavy (non-hydrogen) atoms. The summed E-state index contributed by atoms with van der Waals surface area (Å²) in [4.78, 5) is 1.50. The molecular formula is C7H16NO2. The third-order valence-corrected chi connectivity index (χ3v) is 1.26. The van der Waals surface area contributed by atoms with E-state index in [1.54, 1.807) is 20.4 Å². The molecule has 0 saturated heterocycles. The minimum atomic E-state index is -0.611. The van der Waals surface area contributed by atoms with Crippen molar-refractivity contribution in [3.8, 4) is 0 Å². The molecule has 0 saturated carbocycles. The first kappa shape index (κ1) is 9.88. The molecule has 0 bridgehead atoms. The summed E-state index contributed by atoms with van der Waals surface area (Å²) in [5, 5.41) is 18.1. The van der Waals surface area contributed by atoms with Crippen LogP contribution >= 0.6 is 0 Å². The summed E-state index contributed by atoms with van der Waals surface area (Å²) in [6, 6.07) is 0. The highest BCUT2D eigenvalue weighted by molar-refractivity contribution is 4.67. The van der Waals surface area contributed by atoms with Crippen LogP contribution in [0.4, 0.5) is 0 Å². The van der Waals surface area contributed by atoms with Gasteiger partial charge in [-0.3, -0.25) is 0 Å². The van der Waals surface area contributed by atoms with Crippen molar-refractivity contribution in [2.24, 2.45) is 0 Å². The molecule has 1 radical (unpaired) electrons. The van der Waals surface area contributed by atoms with E-state index in [9.17, 15) is 0 Å². The Morgan fingerprint density at radius 1 is 1.30 bits per heavy atom. The van der Waals surface area contributed by atoms with Crippen molar-refractivity contribution in [2.45, 2.75) is 39.6 Å². The lowest BCUT2D eigenvalue weighted by Gasteiger charge is -2.26. The van der Waals surface area contributed by atoms with E-state index in [0.29, 0.717) is 0 Å². The lowest BCUT2D eigenvalue weighted by molar-refractivity contribution is -0.0654. The fourth-order valence-corrected chi connectivity index (χ4v) is 0.828. The van der Waals surface area contributed by atoms with Gasteiger partial charge in [0, 0.05) is 6.54 Å². The number of nitrogens with zero attached hydrogens (tertiary/aromatic N) is 1. The molecule has 0 fully saturated rings. The van der Waals surface area contributed by atoms with Gasteiger partial charge in [0.1, 0.15) is 12.5 Å². The number of hydrogen-bond acceptors (Lipinski definition) is 3. The van der Waals surface area contributed by atoms with E-state index in [2.05, 4.69) is 0 Å². The molecule has 3 heteroatoms. The van der Waals surface area contributed by atoms with Crippen molar-refractivity contribution >= 4 is 0 Å². The zero-order valence-corrected chi connectivity index (χ0v) is 6.78. The van der Waals surface area contributed by atoms with E-state index in [-0.39, 0.29) is 0 Å². The van der Waals surface area contributed by atoms with Crippen molar-refractivity contribution in [2.75, 3.05) is 0 Å². The van der Waals surface area contributed by atoms with Gasteiger partial charge in [-0.05, 0) is 20.3 Å². The monoisotopic (exact) mass is 146 g/mol. The minimum absolute atomic E-state index is 0.611. The van der Waals surface area contributed by atoms with E-state index in [1.165, 1.54) is 4.90 Å². The summed E-state index contributed by atoms with van der Waals surface area (Å²) in [5.74, 6) is 0. The van der Waals surface area contributed by atoms with Crippen LogP contribution < -0.4 is 0 Å². The molecule has 0 aromatic rings. The maximum Gasteiger partial charge on any atom is 0.106 e. The molecule has 0 amide bonds. The third-order valence-electron chi connectivity index (χ3n) is 1.26. The van der Waals surface area contributed by atoms with Gasteiger partial charge in [-0.25, -0.2) is 4.90 Å². The Kier molecular flexibility index (Phi) is 4.60. The molecule has 61 valence electrons. The van der Waals surface area contributed by atoms with E-state index < -0.39 is 12.5 Å². The Morgan fingerprint density at radius 2 is 1.70 bits per heavy atom. The number of aliphatic hydroxyl groups excluding tert-OH is 2. The molecule has 2 unspecified atom stereocenters. The van der Waals surface area contributed by atoms with Gasteiger partial charge in [-0.2, -0.15) is 0 Å². The SMILES string of the molecule is CC[CH]N(C(C)O)C(C)O. The fraction of sp³-hybridized carbons (Fsp3) is 0.857. The molecule has 0 aromatic heterocycles. The number of aliphatic hydroxyl groups is 2. The third kappa shape index (κ3) is 3.15. The lowest BCUT2D eigenvalue weighted by Crippen LogP contribution is -2.37. The standard InChI is InChI=1S/C7H16NO2/c1-4-5-8(6(2)9)7(3)10/h5-7,9-10H,4H2,1-3H3. The Hall–Kier alpha value is -0.120. The quantitative estimate of drug-likeness (QED) is 0.569. The van der Waals surface area contributed by atoms with Gasteiger partial charge in [0.25, 0.3) is 0 Å². The van der Waals surface area contributed by atoms with Gasteiger partial charge in [-0.15, -0.1) is 0 Å². The molecule has 0 aliphatic heterocycles. The summed E-state index contributed by atoms with van der Waals surface area (Å²) >= 11 is 0. The zero-order chi connectivity index (χ0) is 8.15. The van der Waals surface area contributed by atoms with E-state index in [1.807, 2.05) is 6.92 Å². The van der Waals surface area contributed by atoms with E-state index in [4.69, 9.17) is 10.2 Å². The Balaban J connectivity index is 3.73. The molecular weight excluding hydrogens is 130 g/mol. The van der Waals surface area contributed by atoms with Gasteiger partial charge < -0.3 is 10.2 Å². The van der Waals surface area contributed by atoms with Crippen molar-refractivity contribution < 1.29 is 10.2 Å². The second-order valence-corrected chi connectivity index (χ2v) is 2.30. The summed E-state index contributed by atoms with van der Waals surface area (Å²) in [6.45, 7) is 6.98. The second kappa shape index (κ2) is 4.66. The van der Waals surface area contributed by atoms with Gasteiger partial charge >= 0.3 is 0 Å². The maximum absolute atomic E-state index is 9.05. The molecule has 3 nitrogen and oxygen atoms in total. The largest absolute Gasteiger partial charge is 0.379 e. The molecule has 0 aromatic carbocycles. The van der Waals surface area contributed by atoms with Crippen molar-refractivity contribution in [3.63, 3.8) is 0 Å². The fourth-order valence-electron chi connectivity index (χ4n) is 0.828. The first-order valence-corrected chi connectivity index (χ1v) is 3.56. The van der Waals surface area contributed by atoms with Gasteiger partial charge in [0.15, 0.2) is 0 Å². The van der Waals surface area contributed by atoms with Crippen LogP contribution in [-0.2, 0) is 0 Å². The normalized spacial score (nSPS) is 17.4. The van der Waals surface area contributed by atoms with Gasteiger partial charge in [0.2, 0.25) is 0 Å². The highest BCUT2D eigenvalue weighted by Crippen LogP contribution is 2.05. The molecule has 2 N–H and O–H groups in total. The van der Waals surface area contributed by atoms with Crippen LogP contribution in [0.15, 0.2) is 0 Å². The summed E-state index contributed by atoms with van der Waals surface area (Å²) in [7, 11) is 0. The molecule has 0 aliphatic rings.